The Morgan fingerprint density at radius 3 is 2.67 bits per heavy atom. The molecule has 0 aliphatic rings. The largest absolute Gasteiger partial charge is 0.462 e. The third kappa shape index (κ3) is 2.76. The fraction of sp³-hybridized carbons (Fsp3) is 0.125. The van der Waals surface area contributed by atoms with Crippen molar-refractivity contribution in [3.8, 4) is 11.3 Å². The molecule has 2 aromatic heterocycles. The lowest BCUT2D eigenvalue weighted by Crippen LogP contribution is -2.03. The van der Waals surface area contributed by atoms with Gasteiger partial charge in [-0.2, -0.15) is 0 Å². The molecule has 0 N–H and O–H groups in total. The van der Waals surface area contributed by atoms with Crippen LogP contribution >= 0.6 is 11.6 Å². The fourth-order valence-electron chi connectivity index (χ4n) is 2.10. The zero-order valence-electron chi connectivity index (χ0n) is 11.4. The minimum Gasteiger partial charge on any atom is -0.462 e. The third-order valence-electron chi connectivity index (χ3n) is 3.11. The van der Waals surface area contributed by atoms with E-state index in [2.05, 4.69) is 4.98 Å². The summed E-state index contributed by atoms with van der Waals surface area (Å²) >= 11 is 5.96. The maximum Gasteiger partial charge on any atom is 0.338 e. The number of carbonyl (C=O) groups is 1. The normalized spacial score (nSPS) is 10.8. The minimum absolute atomic E-state index is 0.314. The standard InChI is InChI=1S/C16H13ClN2O2/c1-2-21-16(20)12-5-3-11(4-6-12)14-10-19-9-13(17)7-8-15(19)18-14/h3-10H,2H2,1H3. The second-order valence-corrected chi connectivity index (χ2v) is 4.97. The summed E-state index contributed by atoms with van der Waals surface area (Å²) < 4.78 is 6.83. The molecule has 106 valence electrons. The molecule has 0 atom stereocenters. The number of rotatable bonds is 3. The molecule has 4 nitrogen and oxygen atoms in total. The van der Waals surface area contributed by atoms with Gasteiger partial charge in [0, 0.05) is 18.0 Å². The highest BCUT2D eigenvalue weighted by Gasteiger charge is 2.08. The summed E-state index contributed by atoms with van der Waals surface area (Å²) in [5.41, 5.74) is 3.12. The number of hydrogen-bond acceptors (Lipinski definition) is 3. The van der Waals surface area contributed by atoms with Gasteiger partial charge in [-0.05, 0) is 31.2 Å². The Balaban J connectivity index is 1.93. The van der Waals surface area contributed by atoms with Crippen molar-refractivity contribution in [3.63, 3.8) is 0 Å². The van der Waals surface area contributed by atoms with E-state index in [9.17, 15) is 4.79 Å². The van der Waals surface area contributed by atoms with Gasteiger partial charge in [0.1, 0.15) is 5.65 Å². The van der Waals surface area contributed by atoms with E-state index in [0.29, 0.717) is 17.2 Å². The van der Waals surface area contributed by atoms with Gasteiger partial charge in [-0.15, -0.1) is 0 Å². The predicted molar refractivity (Wildman–Crippen MR) is 81.6 cm³/mol. The number of aromatic nitrogens is 2. The van der Waals surface area contributed by atoms with E-state index in [1.54, 1.807) is 31.3 Å². The van der Waals surface area contributed by atoms with Gasteiger partial charge in [-0.3, -0.25) is 0 Å². The van der Waals surface area contributed by atoms with Gasteiger partial charge in [-0.1, -0.05) is 23.7 Å². The second-order valence-electron chi connectivity index (χ2n) is 4.54. The van der Waals surface area contributed by atoms with Gasteiger partial charge in [0.05, 0.1) is 22.9 Å². The Labute approximate surface area is 126 Å². The third-order valence-corrected chi connectivity index (χ3v) is 3.33. The molecule has 0 amide bonds. The number of carbonyl (C=O) groups excluding carboxylic acids is 1. The molecule has 0 aliphatic heterocycles. The highest BCUT2D eigenvalue weighted by molar-refractivity contribution is 6.30. The molecule has 0 aliphatic carbocycles. The minimum atomic E-state index is -0.314. The number of nitrogens with zero attached hydrogens (tertiary/aromatic N) is 2. The molecular formula is C16H13ClN2O2. The van der Waals surface area contributed by atoms with Crippen LogP contribution in [0.4, 0.5) is 0 Å². The highest BCUT2D eigenvalue weighted by Crippen LogP contribution is 2.21. The molecule has 5 heteroatoms. The van der Waals surface area contributed by atoms with Crippen LogP contribution in [0, 0.1) is 0 Å². The number of benzene rings is 1. The molecule has 1 aromatic carbocycles. The first kappa shape index (κ1) is 13.6. The SMILES string of the molecule is CCOC(=O)c1ccc(-c2cn3cc(Cl)ccc3n2)cc1. The Bertz CT molecular complexity index is 794. The Morgan fingerprint density at radius 1 is 1.19 bits per heavy atom. The van der Waals surface area contributed by atoms with Crippen LogP contribution in [-0.4, -0.2) is 22.0 Å². The first-order valence-corrected chi connectivity index (χ1v) is 6.97. The zero-order valence-corrected chi connectivity index (χ0v) is 12.2. The van der Waals surface area contributed by atoms with Gasteiger partial charge in [-0.25, -0.2) is 9.78 Å². The summed E-state index contributed by atoms with van der Waals surface area (Å²) in [5, 5.41) is 0.657. The summed E-state index contributed by atoms with van der Waals surface area (Å²) in [6.07, 6.45) is 3.71. The lowest BCUT2D eigenvalue weighted by Gasteiger charge is -2.02. The van der Waals surface area contributed by atoms with Crippen LogP contribution in [-0.2, 0) is 4.74 Å². The summed E-state index contributed by atoms with van der Waals surface area (Å²) in [4.78, 5) is 16.1. The van der Waals surface area contributed by atoms with Crippen molar-refractivity contribution in [2.24, 2.45) is 0 Å². The molecule has 0 saturated heterocycles. The number of ether oxygens (including phenoxy) is 1. The van der Waals surface area contributed by atoms with E-state index >= 15 is 0 Å². The van der Waals surface area contributed by atoms with Crippen molar-refractivity contribution >= 4 is 23.2 Å². The lowest BCUT2D eigenvalue weighted by atomic mass is 10.1. The average molecular weight is 301 g/mol. The molecule has 21 heavy (non-hydrogen) atoms. The molecule has 3 rings (SSSR count). The summed E-state index contributed by atoms with van der Waals surface area (Å²) in [7, 11) is 0. The molecule has 0 saturated carbocycles. The van der Waals surface area contributed by atoms with Crippen LogP contribution in [0.2, 0.25) is 5.02 Å². The number of halogens is 1. The Hall–Kier alpha value is -2.33. The van der Waals surface area contributed by atoms with Crippen LogP contribution < -0.4 is 0 Å². The number of esters is 1. The Kier molecular flexibility index (Phi) is 3.62. The number of imidazole rings is 1. The maximum atomic E-state index is 11.6. The van der Waals surface area contributed by atoms with Crippen molar-refractivity contribution in [1.82, 2.24) is 9.38 Å². The summed E-state index contributed by atoms with van der Waals surface area (Å²) in [6.45, 7) is 2.15. The quantitative estimate of drug-likeness (QED) is 0.690. The summed E-state index contributed by atoms with van der Waals surface area (Å²) in [5.74, 6) is -0.314. The first-order valence-electron chi connectivity index (χ1n) is 6.59. The molecule has 2 heterocycles. The van der Waals surface area contributed by atoms with Crippen molar-refractivity contribution < 1.29 is 9.53 Å². The number of pyridine rings is 1. The van der Waals surface area contributed by atoms with Crippen molar-refractivity contribution in [3.05, 3.63) is 59.4 Å². The van der Waals surface area contributed by atoms with Gasteiger partial charge in [0.2, 0.25) is 0 Å². The second kappa shape index (κ2) is 5.58. The molecule has 0 bridgehead atoms. The van der Waals surface area contributed by atoms with E-state index in [1.807, 2.05) is 28.8 Å². The molecule has 0 radical (unpaired) electrons. The molecular weight excluding hydrogens is 288 g/mol. The van der Waals surface area contributed by atoms with Gasteiger partial charge < -0.3 is 9.14 Å². The Morgan fingerprint density at radius 2 is 1.95 bits per heavy atom. The first-order chi connectivity index (χ1) is 10.2. The topological polar surface area (TPSA) is 43.6 Å². The monoisotopic (exact) mass is 300 g/mol. The van der Waals surface area contributed by atoms with Gasteiger partial charge >= 0.3 is 5.97 Å². The van der Waals surface area contributed by atoms with E-state index < -0.39 is 0 Å². The molecule has 3 aromatic rings. The average Bonchev–Trinajstić information content (AvgIpc) is 2.90. The van der Waals surface area contributed by atoms with Crippen LogP contribution in [0.5, 0.6) is 0 Å². The van der Waals surface area contributed by atoms with E-state index in [4.69, 9.17) is 16.3 Å². The van der Waals surface area contributed by atoms with Crippen molar-refractivity contribution in [1.29, 1.82) is 0 Å². The van der Waals surface area contributed by atoms with Crippen molar-refractivity contribution in [2.45, 2.75) is 6.92 Å². The lowest BCUT2D eigenvalue weighted by molar-refractivity contribution is 0.0526. The maximum absolute atomic E-state index is 11.6. The smallest absolute Gasteiger partial charge is 0.338 e. The number of hydrogen-bond donors (Lipinski definition) is 0. The van der Waals surface area contributed by atoms with Crippen LogP contribution in [0.25, 0.3) is 16.9 Å². The van der Waals surface area contributed by atoms with E-state index in [0.717, 1.165) is 16.9 Å². The number of fused-ring (bicyclic) bond motifs is 1. The predicted octanol–water partition coefficient (Wildman–Crippen LogP) is 3.83. The van der Waals surface area contributed by atoms with Crippen LogP contribution in [0.1, 0.15) is 17.3 Å². The zero-order chi connectivity index (χ0) is 14.8. The van der Waals surface area contributed by atoms with Gasteiger partial charge in [0.15, 0.2) is 0 Å². The van der Waals surface area contributed by atoms with Gasteiger partial charge in [0.25, 0.3) is 0 Å². The molecule has 0 fully saturated rings. The van der Waals surface area contributed by atoms with Crippen LogP contribution in [0.15, 0.2) is 48.8 Å². The molecule has 0 spiro atoms. The molecule has 0 unspecified atom stereocenters. The van der Waals surface area contributed by atoms with Crippen LogP contribution in [0.3, 0.4) is 0 Å². The van der Waals surface area contributed by atoms with E-state index in [-0.39, 0.29) is 5.97 Å². The van der Waals surface area contributed by atoms with E-state index in [1.165, 1.54) is 0 Å². The van der Waals surface area contributed by atoms with Crippen molar-refractivity contribution in [2.75, 3.05) is 6.61 Å². The summed E-state index contributed by atoms with van der Waals surface area (Å²) in [6, 6.07) is 10.9. The highest BCUT2D eigenvalue weighted by atomic mass is 35.5. The fourth-order valence-corrected chi connectivity index (χ4v) is 2.26.